The Morgan fingerprint density at radius 2 is 1.66 bits per heavy atom. The number of hydrogen-bond acceptors (Lipinski definition) is 13. The smallest absolute Gasteiger partial charge is 0.342 e. The molecule has 0 saturated heterocycles. The maximum Gasteiger partial charge on any atom is 0.342 e. The molecule has 0 aliphatic rings. The summed E-state index contributed by atoms with van der Waals surface area (Å²) in [6.07, 6.45) is 1.22. The lowest BCUT2D eigenvalue weighted by molar-refractivity contribution is -0.757. The van der Waals surface area contributed by atoms with Crippen LogP contribution in [0.5, 0.6) is 5.75 Å². The lowest BCUT2D eigenvalue weighted by Crippen LogP contribution is -2.16. The molecule has 1 atom stereocenters. The highest BCUT2D eigenvalue weighted by Gasteiger charge is 2.19. The molecule has 0 aromatic heterocycles. The largest absolute Gasteiger partial charge is 0.461 e. The molecule has 0 bridgehead atoms. The molecule has 0 radical (unpaired) electrons. The summed E-state index contributed by atoms with van der Waals surface area (Å²) in [5, 5.41) is 20.8. The van der Waals surface area contributed by atoms with Gasteiger partial charge in [0.2, 0.25) is 5.91 Å². The predicted molar refractivity (Wildman–Crippen MR) is 122 cm³/mol. The number of amides is 1. The van der Waals surface area contributed by atoms with E-state index in [1.165, 1.54) is 24.5 Å². The highest BCUT2D eigenvalue weighted by molar-refractivity contribution is 8.68. The molecule has 17 heteroatoms. The summed E-state index contributed by atoms with van der Waals surface area (Å²) in [5.41, 5.74) is -0.0163. The molecule has 0 fully saturated rings. The summed E-state index contributed by atoms with van der Waals surface area (Å²) in [5.74, 6) is -2.08. The molecule has 0 heterocycles. The monoisotopic (exact) mass is 537 g/mol. The molecule has 0 spiro atoms. The van der Waals surface area contributed by atoms with Gasteiger partial charge < -0.3 is 24.5 Å². The van der Waals surface area contributed by atoms with Gasteiger partial charge in [-0.2, -0.15) is 0 Å². The number of nitrogens with zero attached hydrogens (tertiary/aromatic N) is 2. The summed E-state index contributed by atoms with van der Waals surface area (Å²) in [6.45, 7) is -0.660. The molecule has 1 aromatic rings. The van der Waals surface area contributed by atoms with E-state index in [0.717, 1.165) is 10.8 Å². The van der Waals surface area contributed by atoms with Gasteiger partial charge in [0.1, 0.15) is 17.9 Å². The molecule has 15 nitrogen and oxygen atoms in total. The van der Waals surface area contributed by atoms with E-state index >= 15 is 0 Å². The average molecular weight is 538 g/mol. The van der Waals surface area contributed by atoms with Crippen molar-refractivity contribution in [2.24, 2.45) is 0 Å². The summed E-state index contributed by atoms with van der Waals surface area (Å²) in [4.78, 5) is 65.2. The van der Waals surface area contributed by atoms with Crippen LogP contribution in [0, 0.1) is 20.2 Å². The number of benzene rings is 1. The second-order valence-corrected chi connectivity index (χ2v) is 9.98. The van der Waals surface area contributed by atoms with Crippen LogP contribution in [0.2, 0.25) is 0 Å². The van der Waals surface area contributed by atoms with Crippen LogP contribution < -0.4 is 10.1 Å². The van der Waals surface area contributed by atoms with E-state index in [4.69, 9.17) is 9.47 Å². The lowest BCUT2D eigenvalue weighted by Gasteiger charge is -2.13. The van der Waals surface area contributed by atoms with Crippen LogP contribution in [0.3, 0.4) is 0 Å². The molecule has 1 rings (SSSR count). The van der Waals surface area contributed by atoms with Crippen LogP contribution in [-0.2, 0) is 33.8 Å². The number of ether oxygens (including phenoxy) is 2. The van der Waals surface area contributed by atoms with E-state index in [9.17, 15) is 38.8 Å². The first-order chi connectivity index (χ1) is 16.6. The van der Waals surface area contributed by atoms with E-state index in [1.807, 2.05) is 0 Å². The summed E-state index contributed by atoms with van der Waals surface area (Å²) in [6, 6.07) is 3.83. The van der Waals surface area contributed by atoms with Gasteiger partial charge in [-0.05, 0) is 31.0 Å². The first-order valence-electron chi connectivity index (χ1n) is 9.91. The molecule has 0 saturated carbocycles. The molecule has 1 N–H and O–H groups in total. The van der Waals surface area contributed by atoms with Crippen LogP contribution >= 0.6 is 10.8 Å². The maximum absolute atomic E-state index is 12.6. The van der Waals surface area contributed by atoms with Crippen LogP contribution in [0.15, 0.2) is 18.2 Å². The van der Waals surface area contributed by atoms with E-state index in [1.54, 1.807) is 0 Å². The van der Waals surface area contributed by atoms with Crippen LogP contribution in [-0.4, -0.2) is 64.1 Å². The highest BCUT2D eigenvalue weighted by atomic mass is 33.1. The number of esters is 2. The fourth-order valence-electron chi connectivity index (χ4n) is 2.34. The third kappa shape index (κ3) is 13.7. The van der Waals surface area contributed by atoms with E-state index in [0.29, 0.717) is 0 Å². The van der Waals surface area contributed by atoms with E-state index < -0.39 is 37.9 Å². The molecular weight excluding hydrogens is 514 g/mol. The normalized spacial score (nSPS) is 11.1. The molecule has 1 amide bonds. The van der Waals surface area contributed by atoms with Crippen molar-refractivity contribution < 1.29 is 47.9 Å². The van der Waals surface area contributed by atoms with Crippen molar-refractivity contribution in [2.75, 3.05) is 37.1 Å². The van der Waals surface area contributed by atoms with Crippen molar-refractivity contribution in [3.8, 4) is 5.75 Å². The zero-order valence-electron chi connectivity index (χ0n) is 18.5. The van der Waals surface area contributed by atoms with E-state index in [2.05, 4.69) is 15.0 Å². The van der Waals surface area contributed by atoms with Crippen molar-refractivity contribution in [1.29, 1.82) is 0 Å². The maximum atomic E-state index is 12.6. The Balaban J connectivity index is 2.84. The number of carbonyl (C=O) groups is 3. The van der Waals surface area contributed by atoms with Gasteiger partial charge in [-0.25, -0.2) is 9.00 Å². The average Bonchev–Trinajstić information content (AvgIpc) is 2.77. The molecule has 1 unspecified atom stereocenters. The first kappa shape index (κ1) is 29.6. The lowest BCUT2D eigenvalue weighted by atomic mass is 10.1. The minimum absolute atomic E-state index is 0.000718. The molecule has 194 valence electrons. The quantitative estimate of drug-likeness (QED) is 0.0751. The Morgan fingerprint density at radius 3 is 2.26 bits per heavy atom. The number of nitrogens with one attached hydrogen (secondary N) is 1. The Labute approximate surface area is 204 Å². The Hall–Kier alpha value is -3.47. The summed E-state index contributed by atoms with van der Waals surface area (Å²) >= 11 is 0. The third-order valence-corrected chi connectivity index (χ3v) is 5.90. The Kier molecular flexibility index (Phi) is 13.7. The fraction of sp³-hybridized carbons (Fsp3) is 0.500. The van der Waals surface area contributed by atoms with Gasteiger partial charge in [-0.3, -0.25) is 9.59 Å². The Morgan fingerprint density at radius 1 is 1.03 bits per heavy atom. The molecule has 0 aliphatic carbocycles. The van der Waals surface area contributed by atoms with Gasteiger partial charge in [-0.1, -0.05) is 10.8 Å². The van der Waals surface area contributed by atoms with Crippen molar-refractivity contribution in [3.05, 3.63) is 44.0 Å². The number of hydrogen-bond donors (Lipinski definition) is 1. The zero-order chi connectivity index (χ0) is 26.2. The topological polar surface area (TPSA) is 204 Å². The highest BCUT2D eigenvalue weighted by Crippen LogP contribution is 2.25. The van der Waals surface area contributed by atoms with Gasteiger partial charge in [0.05, 0.1) is 23.0 Å². The van der Waals surface area contributed by atoms with Crippen LogP contribution in [0.1, 0.15) is 36.0 Å². The standard InChI is InChI=1S/C18H23N3O12S2/c1-35(29)34-11-10-30-18(24)14-12-13(19-16(22)4-2-8-31-20(25)26)6-7-15(14)33-17(23)5-3-9-32-21(27)28/h6-7,12H,2-5,8-11H2,1H3,(H,19,22). The van der Waals surface area contributed by atoms with Crippen molar-refractivity contribution in [3.63, 3.8) is 0 Å². The SMILES string of the molecule is CS(=O)SCCOC(=O)c1cc(NC(=O)CCCO[N+](=O)[O-])ccc1OC(=O)CCCO[N+](=O)[O-]. The van der Waals surface area contributed by atoms with Gasteiger partial charge in [0.15, 0.2) is 0 Å². The summed E-state index contributed by atoms with van der Waals surface area (Å²) in [7, 11) is -0.0915. The van der Waals surface area contributed by atoms with Crippen molar-refractivity contribution in [1.82, 2.24) is 0 Å². The van der Waals surface area contributed by atoms with Gasteiger partial charge >= 0.3 is 11.9 Å². The summed E-state index contributed by atoms with van der Waals surface area (Å²) < 4.78 is 21.4. The van der Waals surface area contributed by atoms with Crippen molar-refractivity contribution >= 4 is 44.2 Å². The number of carbonyl (C=O) groups excluding carboxylic acids is 3. The van der Waals surface area contributed by atoms with Gasteiger partial charge in [-0.15, -0.1) is 20.2 Å². The molecular formula is C18H23N3O12S2. The van der Waals surface area contributed by atoms with Crippen molar-refractivity contribution in [2.45, 2.75) is 25.7 Å². The van der Waals surface area contributed by atoms with Gasteiger partial charge in [0.25, 0.3) is 10.2 Å². The third-order valence-electron chi connectivity index (χ3n) is 3.74. The molecule has 1 aromatic carbocycles. The van der Waals surface area contributed by atoms with Gasteiger partial charge in [0, 0.05) is 30.5 Å². The van der Waals surface area contributed by atoms with E-state index in [-0.39, 0.29) is 68.3 Å². The first-order valence-corrected chi connectivity index (χ1v) is 13.0. The Bertz CT molecular complexity index is 943. The zero-order valence-corrected chi connectivity index (χ0v) is 20.1. The predicted octanol–water partition coefficient (Wildman–Crippen LogP) is 1.69. The second-order valence-electron chi connectivity index (χ2n) is 6.41. The van der Waals surface area contributed by atoms with Crippen LogP contribution in [0.25, 0.3) is 0 Å². The minimum Gasteiger partial charge on any atom is -0.461 e. The van der Waals surface area contributed by atoms with Crippen LogP contribution in [0.4, 0.5) is 5.69 Å². The number of rotatable bonds is 17. The molecule has 0 aliphatic heterocycles. The minimum atomic E-state index is -1.15. The second kappa shape index (κ2) is 16.2. The fourth-order valence-corrected chi connectivity index (χ4v) is 3.64. The number of anilines is 1. The molecule has 35 heavy (non-hydrogen) atoms.